The molecule has 0 unspecified atom stereocenters. The molecule has 7 heteroatoms. The van der Waals surface area contributed by atoms with Gasteiger partial charge in [0.15, 0.2) is 0 Å². The third kappa shape index (κ3) is 3.21. The fraction of sp³-hybridized carbons (Fsp3) is 0.222. The van der Waals surface area contributed by atoms with Gasteiger partial charge in [-0.05, 0) is 46.3 Å². The number of methoxy groups -OCH3 is 1. The molecule has 128 valence electrons. The van der Waals surface area contributed by atoms with E-state index in [2.05, 4.69) is 20.9 Å². The zero-order valence-electron chi connectivity index (χ0n) is 13.4. The Morgan fingerprint density at radius 2 is 2.08 bits per heavy atom. The highest BCUT2D eigenvalue weighted by Gasteiger charge is 2.34. The highest BCUT2D eigenvalue weighted by molar-refractivity contribution is 9.10. The monoisotopic (exact) mass is 418 g/mol. The molecule has 5 nitrogen and oxygen atoms in total. The summed E-state index contributed by atoms with van der Waals surface area (Å²) in [6, 6.07) is 13.3. The van der Waals surface area contributed by atoms with Gasteiger partial charge in [0, 0.05) is 4.47 Å². The number of fused-ring (bicyclic) bond motifs is 1. The van der Waals surface area contributed by atoms with E-state index in [1.807, 2.05) is 36.4 Å². The Labute approximate surface area is 157 Å². The number of hydrogen-bond donors (Lipinski definition) is 0. The fourth-order valence-electron chi connectivity index (χ4n) is 2.69. The van der Waals surface area contributed by atoms with Crippen LogP contribution < -0.4 is 9.47 Å². The number of carbonyl (C=O) groups excluding carboxylic acids is 1. The maximum absolute atomic E-state index is 12.6. The SMILES string of the molecule is COc1ccc(Br)c(C(=O)N2CC(Oc3nc4ccccc4s3)C2)c1. The molecule has 0 radical (unpaired) electrons. The van der Waals surface area contributed by atoms with Crippen LogP contribution in [0.2, 0.25) is 0 Å². The molecule has 1 saturated heterocycles. The second-order valence-corrected chi connectivity index (χ2v) is 7.59. The average Bonchev–Trinajstić information content (AvgIpc) is 3.00. The van der Waals surface area contributed by atoms with Gasteiger partial charge < -0.3 is 14.4 Å². The van der Waals surface area contributed by atoms with Gasteiger partial charge in [-0.15, -0.1) is 0 Å². The Balaban J connectivity index is 1.40. The van der Waals surface area contributed by atoms with Crippen LogP contribution in [-0.4, -0.2) is 42.1 Å². The number of ether oxygens (including phenoxy) is 2. The van der Waals surface area contributed by atoms with Crippen LogP contribution >= 0.6 is 27.3 Å². The Morgan fingerprint density at radius 3 is 2.84 bits per heavy atom. The zero-order valence-corrected chi connectivity index (χ0v) is 15.8. The molecule has 2 heterocycles. The number of likely N-dealkylation sites (tertiary alicyclic amines) is 1. The number of hydrogen-bond acceptors (Lipinski definition) is 5. The van der Waals surface area contributed by atoms with Crippen molar-refractivity contribution in [3.8, 4) is 10.9 Å². The summed E-state index contributed by atoms with van der Waals surface area (Å²) in [6.45, 7) is 1.11. The summed E-state index contributed by atoms with van der Waals surface area (Å²) in [5.74, 6) is 0.629. The number of para-hydroxylation sites is 1. The van der Waals surface area contributed by atoms with Crippen LogP contribution in [0.25, 0.3) is 10.2 Å². The van der Waals surface area contributed by atoms with Crippen molar-refractivity contribution < 1.29 is 14.3 Å². The lowest BCUT2D eigenvalue weighted by Crippen LogP contribution is -2.56. The van der Waals surface area contributed by atoms with Crippen LogP contribution in [0.3, 0.4) is 0 Å². The highest BCUT2D eigenvalue weighted by Crippen LogP contribution is 2.30. The van der Waals surface area contributed by atoms with Crippen molar-refractivity contribution in [2.75, 3.05) is 20.2 Å². The minimum Gasteiger partial charge on any atom is -0.497 e. The van der Waals surface area contributed by atoms with Crippen LogP contribution in [0.4, 0.5) is 0 Å². The largest absolute Gasteiger partial charge is 0.497 e. The standard InChI is InChI=1S/C18H15BrN2O3S/c1-23-11-6-7-14(19)13(8-11)17(22)21-9-12(10-21)24-18-20-15-4-2-3-5-16(15)25-18/h2-8,12H,9-10H2,1H3. The van der Waals surface area contributed by atoms with E-state index in [1.54, 1.807) is 18.1 Å². The first-order chi connectivity index (χ1) is 12.1. The number of nitrogens with zero attached hydrogens (tertiary/aromatic N) is 2. The van der Waals surface area contributed by atoms with Gasteiger partial charge >= 0.3 is 0 Å². The van der Waals surface area contributed by atoms with Gasteiger partial charge in [-0.2, -0.15) is 0 Å². The van der Waals surface area contributed by atoms with Crippen LogP contribution in [-0.2, 0) is 0 Å². The van der Waals surface area contributed by atoms with E-state index in [1.165, 1.54) is 11.3 Å². The zero-order chi connectivity index (χ0) is 17.4. The normalized spacial score (nSPS) is 14.4. The van der Waals surface area contributed by atoms with E-state index in [0.717, 1.165) is 14.7 Å². The van der Waals surface area contributed by atoms with Crippen molar-refractivity contribution >= 4 is 43.4 Å². The molecule has 0 saturated carbocycles. The van der Waals surface area contributed by atoms with Gasteiger partial charge in [-0.1, -0.05) is 23.5 Å². The van der Waals surface area contributed by atoms with E-state index < -0.39 is 0 Å². The molecule has 1 fully saturated rings. The van der Waals surface area contributed by atoms with Gasteiger partial charge in [0.2, 0.25) is 0 Å². The molecular formula is C18H15BrN2O3S. The smallest absolute Gasteiger partial charge is 0.274 e. The van der Waals surface area contributed by atoms with Crippen molar-refractivity contribution in [3.63, 3.8) is 0 Å². The minimum absolute atomic E-state index is 0.0195. The van der Waals surface area contributed by atoms with Crippen molar-refractivity contribution in [3.05, 3.63) is 52.5 Å². The first-order valence-corrected chi connectivity index (χ1v) is 9.40. The number of halogens is 1. The Bertz CT molecular complexity index is 904. The van der Waals surface area contributed by atoms with Gasteiger partial charge in [0.25, 0.3) is 11.1 Å². The van der Waals surface area contributed by atoms with Crippen molar-refractivity contribution in [2.24, 2.45) is 0 Å². The molecule has 1 aliphatic heterocycles. The third-order valence-corrected chi connectivity index (χ3v) is 5.70. The van der Waals surface area contributed by atoms with Gasteiger partial charge in [0.05, 0.1) is 36.0 Å². The maximum atomic E-state index is 12.6. The van der Waals surface area contributed by atoms with Crippen LogP contribution in [0, 0.1) is 0 Å². The van der Waals surface area contributed by atoms with Gasteiger partial charge in [0.1, 0.15) is 11.9 Å². The summed E-state index contributed by atoms with van der Waals surface area (Å²) in [5, 5.41) is 0.654. The molecule has 0 bridgehead atoms. The summed E-state index contributed by atoms with van der Waals surface area (Å²) in [6.07, 6.45) is -0.0195. The quantitative estimate of drug-likeness (QED) is 0.642. The number of thiazole rings is 1. The second-order valence-electron chi connectivity index (χ2n) is 5.74. The number of aromatic nitrogens is 1. The molecule has 0 spiro atoms. The van der Waals surface area contributed by atoms with Crippen LogP contribution in [0.1, 0.15) is 10.4 Å². The van der Waals surface area contributed by atoms with E-state index in [-0.39, 0.29) is 12.0 Å². The molecule has 3 aromatic rings. The molecule has 1 aromatic heterocycles. The topological polar surface area (TPSA) is 51.7 Å². The van der Waals surface area contributed by atoms with E-state index in [0.29, 0.717) is 29.6 Å². The lowest BCUT2D eigenvalue weighted by atomic mass is 10.1. The van der Waals surface area contributed by atoms with Gasteiger partial charge in [-0.25, -0.2) is 4.98 Å². The highest BCUT2D eigenvalue weighted by atomic mass is 79.9. The summed E-state index contributed by atoms with van der Waals surface area (Å²) in [7, 11) is 1.59. The lowest BCUT2D eigenvalue weighted by Gasteiger charge is -2.38. The molecule has 4 rings (SSSR count). The predicted octanol–water partition coefficient (Wildman–Crippen LogP) is 3.97. The number of rotatable bonds is 4. The first kappa shape index (κ1) is 16.4. The molecule has 1 amide bonds. The van der Waals surface area contributed by atoms with E-state index in [4.69, 9.17) is 9.47 Å². The second kappa shape index (κ2) is 6.65. The molecule has 1 aliphatic rings. The Kier molecular flexibility index (Phi) is 4.35. The number of carbonyl (C=O) groups is 1. The minimum atomic E-state index is -0.0325. The van der Waals surface area contributed by atoms with E-state index in [9.17, 15) is 4.79 Å². The molecule has 0 N–H and O–H groups in total. The average molecular weight is 419 g/mol. The van der Waals surface area contributed by atoms with Crippen molar-refractivity contribution in [1.82, 2.24) is 9.88 Å². The van der Waals surface area contributed by atoms with E-state index >= 15 is 0 Å². The predicted molar refractivity (Wildman–Crippen MR) is 101 cm³/mol. The summed E-state index contributed by atoms with van der Waals surface area (Å²) < 4.78 is 13.0. The van der Waals surface area contributed by atoms with Crippen molar-refractivity contribution in [1.29, 1.82) is 0 Å². The molecular weight excluding hydrogens is 404 g/mol. The summed E-state index contributed by atoms with van der Waals surface area (Å²) >= 11 is 4.96. The van der Waals surface area contributed by atoms with Crippen LogP contribution in [0.5, 0.6) is 10.9 Å². The number of benzene rings is 2. The first-order valence-electron chi connectivity index (χ1n) is 7.79. The Morgan fingerprint density at radius 1 is 1.28 bits per heavy atom. The Hall–Kier alpha value is -2.12. The third-order valence-electron chi connectivity index (χ3n) is 4.08. The lowest BCUT2D eigenvalue weighted by molar-refractivity contribution is 0.0177. The van der Waals surface area contributed by atoms with Crippen LogP contribution in [0.15, 0.2) is 46.9 Å². The molecule has 25 heavy (non-hydrogen) atoms. The molecule has 2 aromatic carbocycles. The summed E-state index contributed by atoms with van der Waals surface area (Å²) in [4.78, 5) is 18.9. The van der Waals surface area contributed by atoms with Crippen molar-refractivity contribution in [2.45, 2.75) is 6.10 Å². The van der Waals surface area contributed by atoms with Gasteiger partial charge in [-0.3, -0.25) is 4.79 Å². The fourth-order valence-corrected chi connectivity index (χ4v) is 3.99. The maximum Gasteiger partial charge on any atom is 0.274 e. The molecule has 0 atom stereocenters. The number of amides is 1. The molecule has 0 aliphatic carbocycles. The summed E-state index contributed by atoms with van der Waals surface area (Å²) in [5.41, 5.74) is 1.54.